The molecule has 3 heteroatoms. The summed E-state index contributed by atoms with van der Waals surface area (Å²) in [5, 5.41) is 10.1. The molecule has 0 radical (unpaired) electrons. The van der Waals surface area contributed by atoms with E-state index in [1.807, 2.05) is 38.1 Å². The Morgan fingerprint density at radius 1 is 1.31 bits per heavy atom. The second kappa shape index (κ2) is 4.00. The van der Waals surface area contributed by atoms with Gasteiger partial charge in [0.05, 0.1) is 12.2 Å². The normalized spacial score (nSPS) is 13.2. The fraction of sp³-hybridized carbons (Fsp3) is 0.308. The van der Waals surface area contributed by atoms with Gasteiger partial charge in [0.25, 0.3) is 0 Å². The topological polar surface area (TPSA) is 50.4 Å². The fourth-order valence-corrected chi connectivity index (χ4v) is 2.02. The number of furan rings is 1. The van der Waals surface area contributed by atoms with Crippen molar-refractivity contribution in [1.82, 2.24) is 0 Å². The Morgan fingerprint density at radius 2 is 2.00 bits per heavy atom. The third kappa shape index (κ3) is 1.69. The Labute approximate surface area is 93.7 Å². The lowest BCUT2D eigenvalue weighted by Gasteiger charge is -2.14. The van der Waals surface area contributed by atoms with Crippen molar-refractivity contribution >= 4 is 16.9 Å². The van der Waals surface area contributed by atoms with Gasteiger partial charge < -0.3 is 9.52 Å². The molecule has 0 amide bonds. The van der Waals surface area contributed by atoms with Crippen molar-refractivity contribution in [3.63, 3.8) is 0 Å². The summed E-state index contributed by atoms with van der Waals surface area (Å²) in [7, 11) is 0. The van der Waals surface area contributed by atoms with Gasteiger partial charge in [-0.15, -0.1) is 0 Å². The minimum atomic E-state index is -0.804. The van der Waals surface area contributed by atoms with E-state index < -0.39 is 11.9 Å². The smallest absolute Gasteiger partial charge is 0.311 e. The van der Waals surface area contributed by atoms with Crippen LogP contribution in [0.1, 0.15) is 25.3 Å². The molecule has 0 bridgehead atoms. The van der Waals surface area contributed by atoms with Gasteiger partial charge in [-0.05, 0) is 12.0 Å². The second-order valence-corrected chi connectivity index (χ2v) is 4.25. The number of rotatable bonds is 3. The SMILES string of the molecule is CC(C)C(C(=O)O)c1coc2ccccc12. The molecule has 1 atom stereocenters. The van der Waals surface area contributed by atoms with E-state index in [0.717, 1.165) is 16.5 Å². The van der Waals surface area contributed by atoms with E-state index in [1.54, 1.807) is 6.26 Å². The number of benzene rings is 1. The van der Waals surface area contributed by atoms with Crippen LogP contribution in [0.2, 0.25) is 0 Å². The molecule has 84 valence electrons. The van der Waals surface area contributed by atoms with Crippen LogP contribution >= 0.6 is 0 Å². The largest absolute Gasteiger partial charge is 0.481 e. The number of para-hydroxylation sites is 1. The molecule has 0 aliphatic heterocycles. The monoisotopic (exact) mass is 218 g/mol. The molecule has 0 spiro atoms. The predicted octanol–water partition coefficient (Wildman–Crippen LogP) is 3.26. The van der Waals surface area contributed by atoms with Crippen LogP contribution in [0.3, 0.4) is 0 Å². The maximum atomic E-state index is 11.2. The van der Waals surface area contributed by atoms with Gasteiger partial charge in [-0.1, -0.05) is 32.0 Å². The first-order valence-corrected chi connectivity index (χ1v) is 5.30. The van der Waals surface area contributed by atoms with Gasteiger partial charge in [0, 0.05) is 10.9 Å². The lowest BCUT2D eigenvalue weighted by molar-refractivity contribution is -0.139. The van der Waals surface area contributed by atoms with Gasteiger partial charge in [0.15, 0.2) is 0 Å². The minimum Gasteiger partial charge on any atom is -0.481 e. The maximum absolute atomic E-state index is 11.2. The maximum Gasteiger partial charge on any atom is 0.311 e. The molecule has 2 aromatic rings. The van der Waals surface area contributed by atoms with E-state index in [4.69, 9.17) is 4.42 Å². The number of carboxylic acids is 1. The Morgan fingerprint density at radius 3 is 2.62 bits per heavy atom. The summed E-state index contributed by atoms with van der Waals surface area (Å²) < 4.78 is 5.37. The van der Waals surface area contributed by atoms with Crippen molar-refractivity contribution in [3.8, 4) is 0 Å². The third-order valence-electron chi connectivity index (χ3n) is 2.78. The fourth-order valence-electron chi connectivity index (χ4n) is 2.02. The quantitative estimate of drug-likeness (QED) is 0.860. The molecule has 0 fully saturated rings. The highest BCUT2D eigenvalue weighted by Gasteiger charge is 2.26. The number of fused-ring (bicyclic) bond motifs is 1. The molecule has 0 aliphatic rings. The number of carboxylic acid groups (broad SMARTS) is 1. The average Bonchev–Trinajstić information content (AvgIpc) is 2.61. The van der Waals surface area contributed by atoms with Crippen molar-refractivity contribution in [1.29, 1.82) is 0 Å². The Bertz CT molecular complexity index is 511. The molecule has 16 heavy (non-hydrogen) atoms. The summed E-state index contributed by atoms with van der Waals surface area (Å²) in [6.07, 6.45) is 1.56. The van der Waals surface area contributed by atoms with Crippen LogP contribution in [0.4, 0.5) is 0 Å². The molecule has 0 saturated heterocycles. The standard InChI is InChI=1S/C13H14O3/c1-8(2)12(13(14)15)10-7-16-11-6-4-3-5-9(10)11/h3-8,12H,1-2H3,(H,14,15). The number of hydrogen-bond acceptors (Lipinski definition) is 2. The van der Waals surface area contributed by atoms with Crippen molar-refractivity contribution < 1.29 is 14.3 Å². The highest BCUT2D eigenvalue weighted by molar-refractivity contribution is 5.88. The van der Waals surface area contributed by atoms with Crippen LogP contribution in [-0.4, -0.2) is 11.1 Å². The van der Waals surface area contributed by atoms with Gasteiger partial charge in [-0.25, -0.2) is 0 Å². The summed E-state index contributed by atoms with van der Waals surface area (Å²) in [6.45, 7) is 3.81. The van der Waals surface area contributed by atoms with E-state index in [2.05, 4.69) is 0 Å². The second-order valence-electron chi connectivity index (χ2n) is 4.25. The van der Waals surface area contributed by atoms with Crippen LogP contribution in [0.15, 0.2) is 34.9 Å². The number of aliphatic carboxylic acids is 1. The Kier molecular flexibility index (Phi) is 2.69. The van der Waals surface area contributed by atoms with Crippen molar-refractivity contribution in [2.75, 3.05) is 0 Å². The summed E-state index contributed by atoms with van der Waals surface area (Å²) >= 11 is 0. The summed E-state index contributed by atoms with van der Waals surface area (Å²) in [4.78, 5) is 11.2. The highest BCUT2D eigenvalue weighted by Crippen LogP contribution is 2.32. The molecule has 3 nitrogen and oxygen atoms in total. The van der Waals surface area contributed by atoms with Gasteiger partial charge in [-0.3, -0.25) is 4.79 Å². The van der Waals surface area contributed by atoms with Crippen LogP contribution in [0.25, 0.3) is 11.0 Å². The van der Waals surface area contributed by atoms with Crippen molar-refractivity contribution in [3.05, 3.63) is 36.1 Å². The van der Waals surface area contributed by atoms with Gasteiger partial charge >= 0.3 is 5.97 Å². The van der Waals surface area contributed by atoms with Gasteiger partial charge in [0.1, 0.15) is 5.58 Å². The molecule has 0 aliphatic carbocycles. The first-order chi connectivity index (χ1) is 7.61. The third-order valence-corrected chi connectivity index (χ3v) is 2.78. The predicted molar refractivity (Wildman–Crippen MR) is 61.4 cm³/mol. The summed E-state index contributed by atoms with van der Waals surface area (Å²) in [5.41, 5.74) is 1.50. The molecular weight excluding hydrogens is 204 g/mol. The molecule has 1 unspecified atom stereocenters. The zero-order valence-electron chi connectivity index (χ0n) is 9.31. The van der Waals surface area contributed by atoms with Gasteiger partial charge in [0.2, 0.25) is 0 Å². The van der Waals surface area contributed by atoms with Crippen LogP contribution < -0.4 is 0 Å². The molecule has 1 heterocycles. The molecule has 2 rings (SSSR count). The zero-order chi connectivity index (χ0) is 11.7. The zero-order valence-corrected chi connectivity index (χ0v) is 9.31. The lowest BCUT2D eigenvalue weighted by Crippen LogP contribution is -2.16. The van der Waals surface area contributed by atoms with E-state index >= 15 is 0 Å². The van der Waals surface area contributed by atoms with Crippen LogP contribution in [-0.2, 0) is 4.79 Å². The summed E-state index contributed by atoms with van der Waals surface area (Å²) in [5.74, 6) is -1.27. The summed E-state index contributed by atoms with van der Waals surface area (Å²) in [6, 6.07) is 7.51. The van der Waals surface area contributed by atoms with Crippen LogP contribution in [0.5, 0.6) is 0 Å². The van der Waals surface area contributed by atoms with E-state index in [1.165, 1.54) is 0 Å². The van der Waals surface area contributed by atoms with E-state index in [0.29, 0.717) is 0 Å². The van der Waals surface area contributed by atoms with Gasteiger partial charge in [-0.2, -0.15) is 0 Å². The molecular formula is C13H14O3. The Balaban J connectivity index is 2.57. The highest BCUT2D eigenvalue weighted by atomic mass is 16.4. The minimum absolute atomic E-state index is 0.0403. The Hall–Kier alpha value is -1.77. The number of carbonyl (C=O) groups is 1. The molecule has 1 N–H and O–H groups in total. The lowest BCUT2D eigenvalue weighted by atomic mass is 9.88. The number of hydrogen-bond donors (Lipinski definition) is 1. The molecule has 1 aromatic carbocycles. The van der Waals surface area contributed by atoms with Crippen molar-refractivity contribution in [2.24, 2.45) is 5.92 Å². The average molecular weight is 218 g/mol. The first-order valence-electron chi connectivity index (χ1n) is 5.30. The molecule has 0 saturated carbocycles. The van der Waals surface area contributed by atoms with Crippen molar-refractivity contribution in [2.45, 2.75) is 19.8 Å². The van der Waals surface area contributed by atoms with E-state index in [9.17, 15) is 9.90 Å². The van der Waals surface area contributed by atoms with E-state index in [-0.39, 0.29) is 5.92 Å². The first kappa shape index (κ1) is 10.7. The van der Waals surface area contributed by atoms with Crippen LogP contribution in [0, 0.1) is 5.92 Å². The molecule has 1 aromatic heterocycles.